The van der Waals surface area contributed by atoms with Crippen LogP contribution in [0.2, 0.25) is 0 Å². The van der Waals surface area contributed by atoms with Gasteiger partial charge in [-0.15, -0.1) is 11.3 Å². The van der Waals surface area contributed by atoms with Crippen LogP contribution >= 0.6 is 11.3 Å². The summed E-state index contributed by atoms with van der Waals surface area (Å²) in [6.45, 7) is 4.53. The number of carbonyl (C=O) groups excluding carboxylic acids is 3. The number of thiophene rings is 1. The van der Waals surface area contributed by atoms with Gasteiger partial charge in [-0.25, -0.2) is 9.80 Å². The molecule has 0 bridgehead atoms. The van der Waals surface area contributed by atoms with Crippen LogP contribution in [0.25, 0.3) is 5.70 Å². The zero-order chi connectivity index (χ0) is 27.8. The molecule has 210 valence electrons. The van der Waals surface area contributed by atoms with Crippen molar-refractivity contribution in [3.63, 3.8) is 0 Å². The molecule has 1 aromatic carbocycles. The normalized spacial score (nSPS) is 22.9. The Bertz CT molecular complexity index is 1400. The first kappa shape index (κ1) is 26.8. The summed E-state index contributed by atoms with van der Waals surface area (Å²) in [7, 11) is 3.72. The third kappa shape index (κ3) is 4.96. The van der Waals surface area contributed by atoms with Gasteiger partial charge in [0.25, 0.3) is 5.91 Å². The van der Waals surface area contributed by atoms with Gasteiger partial charge in [-0.05, 0) is 56.6 Å². The number of ether oxygens (including phenoxy) is 1. The van der Waals surface area contributed by atoms with Crippen LogP contribution in [0.3, 0.4) is 0 Å². The Balaban J connectivity index is 1.21. The Morgan fingerprint density at radius 1 is 1.10 bits per heavy atom. The summed E-state index contributed by atoms with van der Waals surface area (Å²) >= 11 is 1.34. The standard InChI is InChI=1S/C28H33N7O4S/c1-33-11-5-12-34(15-14-33)27(37)21-10-9-20(40-21)25-23-24(30-31-25)18-7-3-8-19(22(18)26(23)36)29-28(38)32-35-13-4-6-17(35)16-39-2/h3,7-10,17,24H,4-6,11-16H2,1-2H3,(H2,29,32,38)/t17-,24?/m1/s1. The monoisotopic (exact) mass is 563 g/mol. The number of nitrogens with zero attached hydrogens (tertiary/aromatic N) is 5. The summed E-state index contributed by atoms with van der Waals surface area (Å²) in [4.78, 5) is 45.3. The molecule has 1 unspecified atom stereocenters. The second-order valence-corrected chi connectivity index (χ2v) is 11.7. The summed E-state index contributed by atoms with van der Waals surface area (Å²) < 4.78 is 5.27. The molecule has 2 fully saturated rings. The maximum atomic E-state index is 13.8. The number of ketones is 1. The molecule has 2 atom stereocenters. The smallest absolute Gasteiger partial charge is 0.333 e. The van der Waals surface area contributed by atoms with Gasteiger partial charge in [-0.1, -0.05) is 12.1 Å². The molecule has 3 amide bonds. The highest BCUT2D eigenvalue weighted by atomic mass is 32.1. The van der Waals surface area contributed by atoms with Crippen molar-refractivity contribution in [2.24, 2.45) is 10.2 Å². The molecular weight excluding hydrogens is 530 g/mol. The molecule has 4 aliphatic rings. The van der Waals surface area contributed by atoms with E-state index in [1.807, 2.05) is 34.2 Å². The van der Waals surface area contributed by atoms with Gasteiger partial charge in [0.1, 0.15) is 11.7 Å². The fraction of sp³-hybridized carbons (Fsp3) is 0.464. The number of hydrazine groups is 1. The quantitative estimate of drug-likeness (QED) is 0.552. The zero-order valence-corrected chi connectivity index (χ0v) is 23.5. The van der Waals surface area contributed by atoms with E-state index in [-0.39, 0.29) is 17.7 Å². The SMILES string of the molecule is COC[C@H]1CCCN1NC(=O)Nc1cccc2c1C(=O)C1=C(c3ccc(C(=O)N4CCCN(C)CC4)s3)N=NC12. The van der Waals surface area contributed by atoms with Crippen LogP contribution in [-0.4, -0.2) is 92.1 Å². The average Bonchev–Trinajstić information content (AvgIpc) is 3.71. The number of rotatable bonds is 6. The van der Waals surface area contributed by atoms with E-state index in [1.165, 1.54) is 11.3 Å². The minimum Gasteiger partial charge on any atom is -0.383 e. The van der Waals surface area contributed by atoms with Gasteiger partial charge in [-0.2, -0.15) is 10.2 Å². The minimum atomic E-state index is -0.519. The average molecular weight is 564 g/mol. The molecule has 4 heterocycles. The number of benzene rings is 1. The second kappa shape index (κ2) is 11.2. The number of nitrogens with one attached hydrogen (secondary N) is 2. The Hall–Kier alpha value is -3.45. The fourth-order valence-corrected chi connectivity index (χ4v) is 6.87. The van der Waals surface area contributed by atoms with Crippen molar-refractivity contribution in [2.75, 3.05) is 58.8 Å². The van der Waals surface area contributed by atoms with Gasteiger partial charge in [-0.3, -0.25) is 15.0 Å². The van der Waals surface area contributed by atoms with E-state index in [0.717, 1.165) is 55.9 Å². The number of anilines is 1. The fourth-order valence-electron chi connectivity index (χ4n) is 5.89. The molecule has 0 spiro atoms. The Morgan fingerprint density at radius 2 is 1.98 bits per heavy atom. The second-order valence-electron chi connectivity index (χ2n) is 10.6. The van der Waals surface area contributed by atoms with Crippen molar-refractivity contribution in [3.8, 4) is 0 Å². The van der Waals surface area contributed by atoms with E-state index in [1.54, 1.807) is 13.2 Å². The largest absolute Gasteiger partial charge is 0.383 e. The van der Waals surface area contributed by atoms with Gasteiger partial charge >= 0.3 is 6.03 Å². The Morgan fingerprint density at radius 3 is 2.83 bits per heavy atom. The third-order valence-electron chi connectivity index (χ3n) is 7.95. The lowest BCUT2D eigenvalue weighted by molar-refractivity contribution is 0.0767. The molecule has 3 aliphatic heterocycles. The van der Waals surface area contributed by atoms with Gasteiger partial charge in [0.05, 0.1) is 39.2 Å². The number of amides is 3. The maximum Gasteiger partial charge on any atom is 0.333 e. The zero-order valence-electron chi connectivity index (χ0n) is 22.7. The van der Waals surface area contributed by atoms with Crippen LogP contribution in [0.4, 0.5) is 10.5 Å². The highest BCUT2D eigenvalue weighted by Gasteiger charge is 2.43. The van der Waals surface area contributed by atoms with Crippen molar-refractivity contribution in [2.45, 2.75) is 31.3 Å². The number of fused-ring (bicyclic) bond motifs is 3. The molecule has 12 heteroatoms. The van der Waals surface area contributed by atoms with E-state index in [2.05, 4.69) is 32.9 Å². The van der Waals surface area contributed by atoms with Gasteiger partial charge in [0.2, 0.25) is 0 Å². The number of azo groups is 1. The first-order valence-corrected chi connectivity index (χ1v) is 14.5. The molecule has 0 saturated carbocycles. The van der Waals surface area contributed by atoms with E-state index < -0.39 is 12.1 Å². The number of Topliss-reactive ketones (excluding diaryl/α,β-unsaturated/α-hetero) is 1. The first-order chi connectivity index (χ1) is 19.4. The van der Waals surface area contributed by atoms with Crippen LogP contribution in [0.5, 0.6) is 0 Å². The summed E-state index contributed by atoms with van der Waals surface area (Å²) in [6.07, 6.45) is 2.86. The Kier molecular flexibility index (Phi) is 7.49. The summed E-state index contributed by atoms with van der Waals surface area (Å²) in [5.74, 6) is -0.195. The lowest BCUT2D eigenvalue weighted by atomic mass is 10.1. The lowest BCUT2D eigenvalue weighted by Gasteiger charge is -2.24. The predicted molar refractivity (Wildman–Crippen MR) is 151 cm³/mol. The molecular formula is C28H33N7O4S. The summed E-state index contributed by atoms with van der Waals surface area (Å²) in [5, 5.41) is 13.6. The van der Waals surface area contributed by atoms with Crippen molar-refractivity contribution in [1.29, 1.82) is 0 Å². The van der Waals surface area contributed by atoms with Crippen LogP contribution in [-0.2, 0) is 4.74 Å². The predicted octanol–water partition coefficient (Wildman–Crippen LogP) is 3.79. The van der Waals surface area contributed by atoms with Crippen molar-refractivity contribution in [1.82, 2.24) is 20.2 Å². The number of methoxy groups -OCH3 is 1. The molecule has 40 heavy (non-hydrogen) atoms. The van der Waals surface area contributed by atoms with Crippen molar-refractivity contribution in [3.05, 3.63) is 56.8 Å². The minimum absolute atomic E-state index is 0.00732. The molecule has 1 aromatic heterocycles. The van der Waals surface area contributed by atoms with E-state index >= 15 is 0 Å². The van der Waals surface area contributed by atoms with Crippen LogP contribution in [0, 0.1) is 0 Å². The number of urea groups is 1. The number of hydrogen-bond acceptors (Lipinski definition) is 9. The summed E-state index contributed by atoms with van der Waals surface area (Å²) in [5.41, 5.74) is 5.48. The maximum absolute atomic E-state index is 13.8. The molecule has 2 aromatic rings. The molecule has 2 N–H and O–H groups in total. The lowest BCUT2D eigenvalue weighted by Crippen LogP contribution is -2.48. The molecule has 11 nitrogen and oxygen atoms in total. The molecule has 2 saturated heterocycles. The van der Waals surface area contributed by atoms with Crippen LogP contribution in [0.15, 0.2) is 46.1 Å². The number of likely N-dealkylation sites (N-methyl/N-ethyl adjacent to an activating group) is 1. The van der Waals surface area contributed by atoms with Gasteiger partial charge in [0, 0.05) is 33.3 Å². The van der Waals surface area contributed by atoms with E-state index in [4.69, 9.17) is 4.74 Å². The van der Waals surface area contributed by atoms with Crippen LogP contribution < -0.4 is 10.7 Å². The van der Waals surface area contributed by atoms with Gasteiger partial charge in [0.15, 0.2) is 5.78 Å². The highest BCUT2D eigenvalue weighted by Crippen LogP contribution is 2.49. The third-order valence-corrected chi connectivity index (χ3v) is 9.03. The van der Waals surface area contributed by atoms with Crippen molar-refractivity contribution >= 4 is 40.4 Å². The van der Waals surface area contributed by atoms with Crippen molar-refractivity contribution < 1.29 is 19.1 Å². The van der Waals surface area contributed by atoms with E-state index in [0.29, 0.717) is 40.5 Å². The number of hydrogen-bond donors (Lipinski definition) is 2. The molecule has 6 rings (SSSR count). The highest BCUT2D eigenvalue weighted by molar-refractivity contribution is 7.15. The van der Waals surface area contributed by atoms with E-state index in [9.17, 15) is 14.4 Å². The topological polar surface area (TPSA) is 119 Å². The first-order valence-electron chi connectivity index (χ1n) is 13.7. The molecule has 0 radical (unpaired) electrons. The van der Waals surface area contributed by atoms with Gasteiger partial charge < -0.3 is 19.9 Å². The number of carbonyl (C=O) groups is 3. The Labute approximate surface area is 236 Å². The molecule has 1 aliphatic carbocycles. The van der Waals surface area contributed by atoms with Crippen LogP contribution in [0.1, 0.15) is 55.8 Å². The summed E-state index contributed by atoms with van der Waals surface area (Å²) in [6, 6.07) is 8.24.